The van der Waals surface area contributed by atoms with Crippen LogP contribution in [0.15, 0.2) is 23.1 Å². The first-order valence-corrected chi connectivity index (χ1v) is 7.24. The number of carbonyl (C=O) groups excluding carboxylic acids is 2. The van der Waals surface area contributed by atoms with Crippen LogP contribution in [0.1, 0.15) is 28.4 Å². The Morgan fingerprint density at radius 2 is 2.05 bits per heavy atom. The Morgan fingerprint density at radius 1 is 1.40 bits per heavy atom. The van der Waals surface area contributed by atoms with Crippen LogP contribution >= 0.6 is 0 Å². The molecule has 1 aliphatic heterocycles. The SMILES string of the molecule is CN(C)S(=O)(=O)c1ccc2c(c1)[C@H](CC(=O)[O-])NC2=O. The van der Waals surface area contributed by atoms with E-state index in [0.717, 1.165) is 4.31 Å². The van der Waals surface area contributed by atoms with Crippen LogP contribution in [0.25, 0.3) is 0 Å². The minimum absolute atomic E-state index is 0.0149. The lowest BCUT2D eigenvalue weighted by molar-refractivity contribution is -0.306. The van der Waals surface area contributed by atoms with Crippen molar-refractivity contribution in [2.75, 3.05) is 14.1 Å². The molecule has 1 atom stereocenters. The number of sulfonamides is 1. The van der Waals surface area contributed by atoms with Crippen molar-refractivity contribution in [1.29, 1.82) is 0 Å². The highest BCUT2D eigenvalue weighted by Gasteiger charge is 2.30. The van der Waals surface area contributed by atoms with Crippen molar-refractivity contribution in [1.82, 2.24) is 9.62 Å². The summed E-state index contributed by atoms with van der Waals surface area (Å²) in [5.41, 5.74) is 0.649. The molecule has 0 fully saturated rings. The van der Waals surface area contributed by atoms with E-state index in [4.69, 9.17) is 0 Å². The average molecular weight is 297 g/mol. The predicted molar refractivity (Wildman–Crippen MR) is 67.1 cm³/mol. The Morgan fingerprint density at radius 3 is 2.60 bits per heavy atom. The number of amides is 1. The highest BCUT2D eigenvalue weighted by molar-refractivity contribution is 7.89. The molecule has 7 nitrogen and oxygen atoms in total. The maximum Gasteiger partial charge on any atom is 0.252 e. The zero-order valence-corrected chi connectivity index (χ0v) is 11.7. The number of rotatable bonds is 4. The molecule has 0 aliphatic carbocycles. The fourth-order valence-electron chi connectivity index (χ4n) is 2.05. The van der Waals surface area contributed by atoms with Gasteiger partial charge in [-0.15, -0.1) is 0 Å². The molecule has 0 bridgehead atoms. The second-order valence-electron chi connectivity index (χ2n) is 4.64. The number of hydrogen-bond donors (Lipinski definition) is 1. The molecule has 0 aromatic heterocycles. The smallest absolute Gasteiger partial charge is 0.252 e. The highest BCUT2D eigenvalue weighted by Crippen LogP contribution is 2.30. The summed E-state index contributed by atoms with van der Waals surface area (Å²) in [6.45, 7) is 0. The lowest BCUT2D eigenvalue weighted by Gasteiger charge is -2.15. The Hall–Kier alpha value is -1.93. The van der Waals surface area contributed by atoms with Gasteiger partial charge in [0.25, 0.3) is 5.91 Å². The number of nitrogens with zero attached hydrogens (tertiary/aromatic N) is 1. The molecule has 1 aromatic carbocycles. The zero-order valence-electron chi connectivity index (χ0n) is 10.9. The van der Waals surface area contributed by atoms with Crippen LogP contribution in [-0.4, -0.2) is 38.7 Å². The van der Waals surface area contributed by atoms with Crippen LogP contribution in [0.3, 0.4) is 0 Å². The number of nitrogens with one attached hydrogen (secondary N) is 1. The van der Waals surface area contributed by atoms with Crippen molar-refractivity contribution in [3.63, 3.8) is 0 Å². The van der Waals surface area contributed by atoms with Crippen molar-refractivity contribution < 1.29 is 23.1 Å². The fraction of sp³-hybridized carbons (Fsp3) is 0.333. The van der Waals surface area contributed by atoms with Gasteiger partial charge in [0.1, 0.15) is 0 Å². The molecule has 1 amide bonds. The Bertz CT molecular complexity index is 679. The third-order valence-corrected chi connectivity index (χ3v) is 4.91. The van der Waals surface area contributed by atoms with E-state index in [1.165, 1.54) is 32.3 Å². The molecule has 1 heterocycles. The number of carbonyl (C=O) groups is 2. The molecule has 1 aliphatic rings. The van der Waals surface area contributed by atoms with Crippen LogP contribution in [0.5, 0.6) is 0 Å². The number of hydrogen-bond acceptors (Lipinski definition) is 5. The van der Waals surface area contributed by atoms with E-state index in [1.807, 2.05) is 0 Å². The van der Waals surface area contributed by atoms with E-state index in [-0.39, 0.29) is 10.5 Å². The summed E-state index contributed by atoms with van der Waals surface area (Å²) >= 11 is 0. The summed E-state index contributed by atoms with van der Waals surface area (Å²) in [4.78, 5) is 22.4. The van der Waals surface area contributed by atoms with Gasteiger partial charge in [-0.3, -0.25) is 4.79 Å². The van der Waals surface area contributed by atoms with Crippen molar-refractivity contribution >= 4 is 21.9 Å². The van der Waals surface area contributed by atoms with Crippen LogP contribution in [0, 0.1) is 0 Å². The molecule has 0 saturated heterocycles. The van der Waals surface area contributed by atoms with Gasteiger partial charge in [0.2, 0.25) is 10.0 Å². The third kappa shape index (κ3) is 2.39. The van der Waals surface area contributed by atoms with E-state index in [2.05, 4.69) is 5.32 Å². The highest BCUT2D eigenvalue weighted by atomic mass is 32.2. The van der Waals surface area contributed by atoms with Gasteiger partial charge in [0.15, 0.2) is 0 Å². The molecule has 0 unspecified atom stereocenters. The number of aliphatic carboxylic acids is 1. The lowest BCUT2D eigenvalue weighted by Crippen LogP contribution is -2.29. The van der Waals surface area contributed by atoms with E-state index >= 15 is 0 Å². The Kier molecular flexibility index (Phi) is 3.53. The maximum atomic E-state index is 12.0. The van der Waals surface area contributed by atoms with E-state index < -0.39 is 34.4 Å². The molecule has 0 spiro atoms. The van der Waals surface area contributed by atoms with Gasteiger partial charge >= 0.3 is 0 Å². The first kappa shape index (κ1) is 14.5. The van der Waals surface area contributed by atoms with Crippen LogP contribution in [0.2, 0.25) is 0 Å². The standard InChI is InChI=1S/C12H14N2O5S/c1-14(2)20(18,19)7-3-4-8-9(5-7)10(6-11(15)16)13-12(8)17/h3-5,10H,6H2,1-2H3,(H,13,17)(H,15,16)/p-1/t10-/m0/s1. The zero-order chi connectivity index (χ0) is 15.1. The topological polar surface area (TPSA) is 107 Å². The number of carboxylic acids is 1. The summed E-state index contributed by atoms with van der Waals surface area (Å²) in [6.07, 6.45) is -0.399. The first-order valence-electron chi connectivity index (χ1n) is 5.80. The predicted octanol–water partition coefficient (Wildman–Crippen LogP) is -1.14. The van der Waals surface area contributed by atoms with Gasteiger partial charge < -0.3 is 15.2 Å². The molecular weight excluding hydrogens is 284 g/mol. The molecule has 1 N–H and O–H groups in total. The van der Waals surface area contributed by atoms with Crippen molar-refractivity contribution in [2.45, 2.75) is 17.4 Å². The fourth-order valence-corrected chi connectivity index (χ4v) is 2.99. The molecule has 20 heavy (non-hydrogen) atoms. The molecule has 1 aromatic rings. The van der Waals surface area contributed by atoms with Crippen molar-refractivity contribution in [3.8, 4) is 0 Å². The second kappa shape index (κ2) is 4.88. The van der Waals surface area contributed by atoms with Crippen LogP contribution in [-0.2, 0) is 14.8 Å². The molecular formula is C12H13N2O5S-. The van der Waals surface area contributed by atoms with Crippen LogP contribution in [0.4, 0.5) is 0 Å². The van der Waals surface area contributed by atoms with Crippen LogP contribution < -0.4 is 10.4 Å². The van der Waals surface area contributed by atoms with Gasteiger partial charge in [-0.1, -0.05) is 0 Å². The monoisotopic (exact) mass is 297 g/mol. The summed E-state index contributed by atoms with van der Waals surface area (Å²) < 4.78 is 25.1. The van der Waals surface area contributed by atoms with E-state index in [1.54, 1.807) is 0 Å². The Labute approximate surface area is 116 Å². The second-order valence-corrected chi connectivity index (χ2v) is 6.79. The summed E-state index contributed by atoms with van der Waals surface area (Å²) in [5.74, 6) is -1.73. The summed E-state index contributed by atoms with van der Waals surface area (Å²) in [5, 5.41) is 13.2. The molecule has 0 radical (unpaired) electrons. The van der Waals surface area contributed by atoms with Gasteiger partial charge in [-0.25, -0.2) is 12.7 Å². The van der Waals surface area contributed by atoms with Gasteiger partial charge in [0.05, 0.1) is 10.9 Å². The van der Waals surface area contributed by atoms with Gasteiger partial charge in [0, 0.05) is 32.0 Å². The normalized spacial score (nSPS) is 17.9. The molecule has 8 heteroatoms. The molecule has 108 valence electrons. The number of carboxylic acid groups (broad SMARTS) is 1. The van der Waals surface area contributed by atoms with E-state index in [0.29, 0.717) is 5.56 Å². The van der Waals surface area contributed by atoms with Crippen molar-refractivity contribution in [2.24, 2.45) is 0 Å². The van der Waals surface area contributed by atoms with Crippen molar-refractivity contribution in [3.05, 3.63) is 29.3 Å². The number of benzene rings is 1. The minimum Gasteiger partial charge on any atom is -0.550 e. The van der Waals surface area contributed by atoms with Gasteiger partial charge in [-0.05, 0) is 23.8 Å². The molecule has 2 rings (SSSR count). The lowest BCUT2D eigenvalue weighted by atomic mass is 10.0. The summed E-state index contributed by atoms with van der Waals surface area (Å²) in [6, 6.07) is 3.28. The van der Waals surface area contributed by atoms with E-state index in [9.17, 15) is 23.1 Å². The quantitative estimate of drug-likeness (QED) is 0.756. The summed E-state index contributed by atoms with van der Waals surface area (Å²) in [7, 11) is -0.850. The van der Waals surface area contributed by atoms with Gasteiger partial charge in [-0.2, -0.15) is 0 Å². The average Bonchev–Trinajstić information content (AvgIpc) is 2.65. The largest absolute Gasteiger partial charge is 0.550 e. The number of fused-ring (bicyclic) bond motifs is 1. The Balaban J connectivity index is 2.50. The first-order chi connectivity index (χ1) is 9.23. The molecule has 0 saturated carbocycles. The minimum atomic E-state index is -3.64. The maximum absolute atomic E-state index is 12.0. The third-order valence-electron chi connectivity index (χ3n) is 3.10.